The van der Waals surface area contributed by atoms with Gasteiger partial charge in [-0.25, -0.2) is 0 Å². The molecule has 0 unspecified atom stereocenters. The van der Waals surface area contributed by atoms with E-state index in [4.69, 9.17) is 10.3 Å². The van der Waals surface area contributed by atoms with Gasteiger partial charge in [-0.15, -0.1) is 0 Å². The van der Waals surface area contributed by atoms with E-state index in [1.54, 1.807) is 13.0 Å². The van der Waals surface area contributed by atoms with Crippen LogP contribution in [0.1, 0.15) is 53.9 Å². The predicted molar refractivity (Wildman–Crippen MR) is 114 cm³/mol. The van der Waals surface area contributed by atoms with Gasteiger partial charge in [0, 0.05) is 22.7 Å². The Morgan fingerprint density at radius 3 is 2.50 bits per heavy atom. The molecule has 1 heterocycles. The molecule has 8 heteroatoms. The summed E-state index contributed by atoms with van der Waals surface area (Å²) in [5.41, 5.74) is 9.45. The molecule has 0 fully saturated rings. The number of allylic oxidation sites excluding steroid dienone is 3. The van der Waals surface area contributed by atoms with Crippen LogP contribution in [-0.4, -0.2) is 46.8 Å². The summed E-state index contributed by atoms with van der Waals surface area (Å²) in [6.45, 7) is 9.07. The number of carbonyl (C=O) groups excluding carboxylic acids is 2. The van der Waals surface area contributed by atoms with Gasteiger partial charge in [-0.1, -0.05) is 57.0 Å². The maximum atomic E-state index is 12.5. The first-order valence-corrected chi connectivity index (χ1v) is 10.6. The lowest BCUT2D eigenvalue weighted by Gasteiger charge is -2.31. The smallest absolute Gasteiger partial charge is 0.308 e. The van der Waals surface area contributed by atoms with E-state index >= 15 is 0 Å². The summed E-state index contributed by atoms with van der Waals surface area (Å²) in [6, 6.07) is 0. The molecule has 30 heavy (non-hydrogen) atoms. The largest absolute Gasteiger partial charge is 0.462 e. The van der Waals surface area contributed by atoms with Crippen molar-refractivity contribution in [3.05, 3.63) is 34.2 Å². The summed E-state index contributed by atoms with van der Waals surface area (Å²) in [5.74, 6) is -1.93. The minimum absolute atomic E-state index is 0.0293. The van der Waals surface area contributed by atoms with Crippen molar-refractivity contribution in [1.29, 1.82) is 0 Å². The van der Waals surface area contributed by atoms with Crippen molar-refractivity contribution < 1.29 is 24.5 Å². The molecule has 0 saturated carbocycles. The minimum atomic E-state index is -1.09. The van der Waals surface area contributed by atoms with Gasteiger partial charge in [0.05, 0.1) is 25.2 Å². The molecule has 1 rings (SSSR count). The average molecular weight is 422 g/mol. The van der Waals surface area contributed by atoms with E-state index in [0.29, 0.717) is 12.8 Å². The summed E-state index contributed by atoms with van der Waals surface area (Å²) in [6.07, 6.45) is 3.32. The van der Waals surface area contributed by atoms with Gasteiger partial charge in [-0.3, -0.25) is 9.59 Å². The summed E-state index contributed by atoms with van der Waals surface area (Å²) in [5, 5.41) is 24.8. The zero-order valence-electron chi connectivity index (χ0n) is 18.6. The first kappa shape index (κ1) is 25.9. The standard InChI is InChI=1S/C22H35N3O5/c1-6-17-10-14(3)18(26)8-7-13(2)9-15(4)20(12-24-25-23)30-21(28)11-19(27)16(5)22(17)29/h7-9,14-17,19-20,22,27,29H,6,10-12H2,1-5H3/t14-,15+,16+,17+,19-,20-,22-/m1/s1. The fraction of sp³-hybridized carbons (Fsp3) is 0.727. The van der Waals surface area contributed by atoms with Crippen LogP contribution in [0.25, 0.3) is 10.4 Å². The maximum absolute atomic E-state index is 12.5. The van der Waals surface area contributed by atoms with Gasteiger partial charge in [0.25, 0.3) is 0 Å². The van der Waals surface area contributed by atoms with Crippen molar-refractivity contribution in [2.45, 2.75) is 72.2 Å². The number of nitrogens with zero attached hydrogens (tertiary/aromatic N) is 3. The van der Waals surface area contributed by atoms with E-state index in [0.717, 1.165) is 5.57 Å². The highest BCUT2D eigenvalue weighted by Crippen LogP contribution is 2.28. The molecule has 0 aromatic carbocycles. The zero-order valence-corrected chi connectivity index (χ0v) is 18.6. The third kappa shape index (κ3) is 7.94. The topological polar surface area (TPSA) is 133 Å². The van der Waals surface area contributed by atoms with Crippen molar-refractivity contribution in [2.75, 3.05) is 6.54 Å². The molecule has 2 N–H and O–H groups in total. The second kappa shape index (κ2) is 12.5. The lowest BCUT2D eigenvalue weighted by Crippen LogP contribution is -2.38. The number of carbonyl (C=O) groups is 2. The molecule has 1 aliphatic rings. The summed E-state index contributed by atoms with van der Waals surface area (Å²) < 4.78 is 5.48. The Balaban J connectivity index is 3.24. The lowest BCUT2D eigenvalue weighted by atomic mass is 9.80. The van der Waals surface area contributed by atoms with Crippen LogP contribution in [0, 0.1) is 23.7 Å². The van der Waals surface area contributed by atoms with Crippen LogP contribution in [0.3, 0.4) is 0 Å². The molecule has 8 nitrogen and oxygen atoms in total. The van der Waals surface area contributed by atoms with Crippen LogP contribution < -0.4 is 0 Å². The molecule has 7 atom stereocenters. The van der Waals surface area contributed by atoms with Gasteiger partial charge in [-0.05, 0) is 30.9 Å². The predicted octanol–water partition coefficient (Wildman–Crippen LogP) is 3.73. The van der Waals surface area contributed by atoms with Gasteiger partial charge in [0.15, 0.2) is 5.78 Å². The fourth-order valence-corrected chi connectivity index (χ4v) is 3.73. The molecule has 0 radical (unpaired) electrons. The number of rotatable bonds is 3. The number of hydrogen-bond acceptors (Lipinski definition) is 6. The van der Waals surface area contributed by atoms with E-state index in [2.05, 4.69) is 10.0 Å². The Kier molecular flexibility index (Phi) is 10.8. The van der Waals surface area contributed by atoms with Gasteiger partial charge in [0.2, 0.25) is 0 Å². The molecule has 1 aliphatic heterocycles. The van der Waals surface area contributed by atoms with E-state index < -0.39 is 30.2 Å². The molecule has 0 bridgehead atoms. The lowest BCUT2D eigenvalue weighted by molar-refractivity contribution is -0.154. The molecule has 0 spiro atoms. The molecular formula is C22H35N3O5. The normalized spacial score (nSPS) is 34.6. The van der Waals surface area contributed by atoms with Crippen LogP contribution in [0.15, 0.2) is 28.9 Å². The number of aliphatic hydroxyl groups excluding tert-OH is 2. The Bertz CT molecular complexity index is 699. The number of azide groups is 1. The Labute approximate surface area is 178 Å². The van der Waals surface area contributed by atoms with Crippen molar-refractivity contribution in [3.63, 3.8) is 0 Å². The number of hydrogen-bond donors (Lipinski definition) is 2. The molecule has 0 aromatic heterocycles. The zero-order chi connectivity index (χ0) is 22.8. The number of cyclic esters (lactones) is 1. The SMILES string of the molecule is CC[C@H]1C[C@@H](C)C(=O)C=CC(C)=C[C@H](C)[C@@H](CN=[N+]=[N-])OC(=O)C[C@@H](O)[C@H](C)[C@H]1O. The maximum Gasteiger partial charge on any atom is 0.308 e. The molecule has 168 valence electrons. The number of esters is 1. The molecule has 0 aliphatic carbocycles. The third-order valence-corrected chi connectivity index (χ3v) is 5.90. The van der Waals surface area contributed by atoms with Crippen molar-refractivity contribution in [1.82, 2.24) is 0 Å². The summed E-state index contributed by atoms with van der Waals surface area (Å²) in [4.78, 5) is 27.7. The first-order chi connectivity index (χ1) is 14.1. The third-order valence-electron chi connectivity index (χ3n) is 5.90. The van der Waals surface area contributed by atoms with Gasteiger partial charge in [-0.2, -0.15) is 0 Å². The van der Waals surface area contributed by atoms with Crippen LogP contribution in [0.2, 0.25) is 0 Å². The van der Waals surface area contributed by atoms with Gasteiger partial charge < -0.3 is 14.9 Å². The van der Waals surface area contributed by atoms with Crippen LogP contribution in [0.5, 0.6) is 0 Å². The molecule has 0 aromatic rings. The van der Waals surface area contributed by atoms with E-state index in [9.17, 15) is 19.8 Å². The van der Waals surface area contributed by atoms with Gasteiger partial charge >= 0.3 is 5.97 Å². The number of ether oxygens (including phenoxy) is 1. The van der Waals surface area contributed by atoms with Crippen molar-refractivity contribution in [2.24, 2.45) is 28.8 Å². The highest BCUT2D eigenvalue weighted by Gasteiger charge is 2.32. The number of aliphatic hydroxyl groups is 2. The van der Waals surface area contributed by atoms with Crippen molar-refractivity contribution >= 4 is 11.8 Å². The number of ketones is 1. The highest BCUT2D eigenvalue weighted by atomic mass is 16.5. The van der Waals surface area contributed by atoms with Crippen LogP contribution >= 0.6 is 0 Å². The second-order valence-corrected chi connectivity index (χ2v) is 8.37. The Hall–Kier alpha value is -2.15. The monoisotopic (exact) mass is 421 g/mol. The van der Waals surface area contributed by atoms with Crippen LogP contribution in [0.4, 0.5) is 0 Å². The Morgan fingerprint density at radius 1 is 1.23 bits per heavy atom. The second-order valence-electron chi connectivity index (χ2n) is 8.37. The van der Waals surface area contributed by atoms with E-state index in [1.165, 1.54) is 6.08 Å². The quantitative estimate of drug-likeness (QED) is 0.310. The molecule has 0 amide bonds. The fourth-order valence-electron chi connectivity index (χ4n) is 3.73. The molecular weight excluding hydrogens is 386 g/mol. The minimum Gasteiger partial charge on any atom is -0.462 e. The highest BCUT2D eigenvalue weighted by molar-refractivity contribution is 5.91. The van der Waals surface area contributed by atoms with Crippen LogP contribution in [-0.2, 0) is 14.3 Å². The average Bonchev–Trinajstić information content (AvgIpc) is 2.70. The van der Waals surface area contributed by atoms with Crippen molar-refractivity contribution in [3.8, 4) is 0 Å². The summed E-state index contributed by atoms with van der Waals surface area (Å²) >= 11 is 0. The molecule has 0 saturated heterocycles. The first-order valence-electron chi connectivity index (χ1n) is 10.6. The summed E-state index contributed by atoms with van der Waals surface area (Å²) in [7, 11) is 0. The Morgan fingerprint density at radius 2 is 1.90 bits per heavy atom. The van der Waals surface area contributed by atoms with E-state index in [-0.39, 0.29) is 36.5 Å². The van der Waals surface area contributed by atoms with E-state index in [1.807, 2.05) is 33.8 Å². The van der Waals surface area contributed by atoms with Gasteiger partial charge in [0.1, 0.15) is 6.10 Å².